The van der Waals surface area contributed by atoms with E-state index in [0.717, 1.165) is 0 Å². The summed E-state index contributed by atoms with van der Waals surface area (Å²) in [5.41, 5.74) is 0. The van der Waals surface area contributed by atoms with E-state index in [-0.39, 0.29) is 54.8 Å². The van der Waals surface area contributed by atoms with Crippen molar-refractivity contribution in [1.29, 1.82) is 0 Å². The SMILES string of the molecule is O=C([O-])[O-].O=C([O-])[O-].[Ca+2].[Mn+2]. The van der Waals surface area contributed by atoms with Crippen LogP contribution in [0.2, 0.25) is 0 Å². The average Bonchev–Trinajstić information content (AvgIpc) is 1.25. The van der Waals surface area contributed by atoms with Crippen molar-refractivity contribution in [3.8, 4) is 0 Å². The summed E-state index contributed by atoms with van der Waals surface area (Å²) in [7, 11) is 0. The zero-order valence-corrected chi connectivity index (χ0v) is 7.92. The van der Waals surface area contributed by atoms with Crippen molar-refractivity contribution in [1.82, 2.24) is 0 Å². The van der Waals surface area contributed by atoms with Gasteiger partial charge in [0, 0.05) is 0 Å². The van der Waals surface area contributed by atoms with Crippen LogP contribution in [0.1, 0.15) is 0 Å². The first kappa shape index (κ1) is 22.4. The van der Waals surface area contributed by atoms with Crippen LogP contribution in [0.15, 0.2) is 0 Å². The Kier molecular flexibility index (Phi) is 36.2. The van der Waals surface area contributed by atoms with Crippen molar-refractivity contribution in [3.63, 3.8) is 0 Å². The van der Waals surface area contributed by atoms with Gasteiger partial charge in [0.2, 0.25) is 0 Å². The van der Waals surface area contributed by atoms with E-state index in [9.17, 15) is 0 Å². The molecule has 6 nitrogen and oxygen atoms in total. The Morgan fingerprint density at radius 1 is 0.800 bits per heavy atom. The van der Waals surface area contributed by atoms with Crippen LogP contribution in [0, 0.1) is 0 Å². The monoisotopic (exact) mass is 215 g/mol. The molecule has 0 aliphatic carbocycles. The van der Waals surface area contributed by atoms with Gasteiger partial charge in [-0.15, -0.1) is 0 Å². The number of carbonyl (C=O) groups excluding carboxylic acids is 2. The molecule has 0 fully saturated rings. The predicted octanol–water partition coefficient (Wildman–Crippen LogP) is -5.28. The summed E-state index contributed by atoms with van der Waals surface area (Å²) in [6.07, 6.45) is -4.67. The first-order chi connectivity index (χ1) is 3.46. The molecule has 0 unspecified atom stereocenters. The van der Waals surface area contributed by atoms with E-state index < -0.39 is 12.3 Å². The van der Waals surface area contributed by atoms with Gasteiger partial charge in [0.1, 0.15) is 0 Å². The average molecular weight is 215 g/mol. The number of hydrogen-bond donors (Lipinski definition) is 0. The number of hydrogen-bond acceptors (Lipinski definition) is 6. The summed E-state index contributed by atoms with van der Waals surface area (Å²) in [4.78, 5) is 16.7. The van der Waals surface area contributed by atoms with E-state index >= 15 is 0 Å². The molecule has 53 valence electrons. The Labute approximate surface area is 96.3 Å². The molecule has 0 saturated heterocycles. The third-order valence-corrected chi connectivity index (χ3v) is 0. The van der Waals surface area contributed by atoms with Gasteiger partial charge in [-0.25, -0.2) is 0 Å². The van der Waals surface area contributed by atoms with Crippen LogP contribution >= 0.6 is 0 Å². The third-order valence-electron chi connectivity index (χ3n) is 0. The summed E-state index contributed by atoms with van der Waals surface area (Å²) < 4.78 is 0. The molecule has 0 N–H and O–H groups in total. The van der Waals surface area contributed by atoms with Gasteiger partial charge in [0.25, 0.3) is 0 Å². The Morgan fingerprint density at radius 3 is 0.800 bits per heavy atom. The Balaban J connectivity index is -0.0000000300. The van der Waals surface area contributed by atoms with Gasteiger partial charge < -0.3 is 30.0 Å². The van der Waals surface area contributed by atoms with Gasteiger partial charge in [-0.2, -0.15) is 0 Å². The molecule has 10 heavy (non-hydrogen) atoms. The molecule has 0 aliphatic heterocycles. The molecule has 8 heteroatoms. The van der Waals surface area contributed by atoms with E-state index in [1.165, 1.54) is 0 Å². The second-order valence-corrected chi connectivity index (χ2v) is 0.500. The zero-order valence-electron chi connectivity index (χ0n) is 4.53. The van der Waals surface area contributed by atoms with Crippen molar-refractivity contribution in [2.45, 2.75) is 0 Å². The molecular formula is C2CaMnO6. The number of carbonyl (C=O) groups is 2. The molecular weight excluding hydrogens is 215 g/mol. The van der Waals surface area contributed by atoms with Crippen molar-refractivity contribution in [3.05, 3.63) is 0 Å². The van der Waals surface area contributed by atoms with Gasteiger partial charge in [-0.05, 0) is 12.3 Å². The fourth-order valence-electron chi connectivity index (χ4n) is 0. The molecule has 0 heterocycles. The minimum atomic E-state index is -2.33. The molecule has 0 aromatic rings. The fourth-order valence-corrected chi connectivity index (χ4v) is 0. The molecule has 0 aromatic heterocycles. The van der Waals surface area contributed by atoms with Gasteiger partial charge >= 0.3 is 54.8 Å². The second kappa shape index (κ2) is 16.2. The van der Waals surface area contributed by atoms with E-state index in [0.29, 0.717) is 0 Å². The minimum Gasteiger partial charge on any atom is -0.652 e. The summed E-state index contributed by atoms with van der Waals surface area (Å²) in [5.74, 6) is 0. The maximum absolute atomic E-state index is 8.33. The van der Waals surface area contributed by atoms with Crippen LogP contribution in [-0.4, -0.2) is 50.0 Å². The normalized spacial score (nSPS) is 4.80. The molecule has 0 rings (SSSR count). The van der Waals surface area contributed by atoms with Gasteiger partial charge in [0.15, 0.2) is 0 Å². The van der Waals surface area contributed by atoms with Crippen LogP contribution in [0.5, 0.6) is 0 Å². The zero-order chi connectivity index (χ0) is 7.15. The van der Waals surface area contributed by atoms with E-state index in [1.807, 2.05) is 0 Å². The van der Waals surface area contributed by atoms with Crippen LogP contribution in [0.3, 0.4) is 0 Å². The van der Waals surface area contributed by atoms with Crippen LogP contribution in [-0.2, 0) is 17.1 Å². The quantitative estimate of drug-likeness (QED) is 0.371. The first-order valence-electron chi connectivity index (χ1n) is 1.22. The van der Waals surface area contributed by atoms with E-state index in [4.69, 9.17) is 30.0 Å². The van der Waals surface area contributed by atoms with Crippen LogP contribution < -0.4 is 20.4 Å². The molecule has 0 spiro atoms. The predicted molar refractivity (Wildman–Crippen MR) is 16.5 cm³/mol. The van der Waals surface area contributed by atoms with E-state index in [1.54, 1.807) is 0 Å². The van der Waals surface area contributed by atoms with Crippen LogP contribution in [0.25, 0.3) is 0 Å². The van der Waals surface area contributed by atoms with Crippen molar-refractivity contribution < 1.29 is 47.1 Å². The summed E-state index contributed by atoms with van der Waals surface area (Å²) in [6, 6.07) is 0. The minimum absolute atomic E-state index is 0. The topological polar surface area (TPSA) is 126 Å². The molecule has 0 aromatic carbocycles. The third kappa shape index (κ3) is 4370. The van der Waals surface area contributed by atoms with Crippen LogP contribution in [0.4, 0.5) is 9.59 Å². The van der Waals surface area contributed by atoms with Crippen molar-refractivity contribution >= 4 is 50.0 Å². The second-order valence-electron chi connectivity index (χ2n) is 0.500. The molecule has 0 aliphatic rings. The molecule has 0 saturated carbocycles. The summed E-state index contributed by atoms with van der Waals surface area (Å²) in [6.45, 7) is 0. The van der Waals surface area contributed by atoms with Crippen molar-refractivity contribution in [2.24, 2.45) is 0 Å². The van der Waals surface area contributed by atoms with Crippen molar-refractivity contribution in [2.75, 3.05) is 0 Å². The van der Waals surface area contributed by atoms with E-state index in [2.05, 4.69) is 0 Å². The number of rotatable bonds is 0. The Morgan fingerprint density at radius 2 is 0.800 bits per heavy atom. The van der Waals surface area contributed by atoms with Gasteiger partial charge in [-0.1, -0.05) is 0 Å². The molecule has 1 radical (unpaired) electrons. The molecule has 0 atom stereocenters. The Bertz CT molecular complexity index is 73.7. The maximum atomic E-state index is 8.33. The smallest absolute Gasteiger partial charge is 0.652 e. The van der Waals surface area contributed by atoms with Gasteiger partial charge in [0.05, 0.1) is 0 Å². The Hall–Kier alpha value is 0.319. The van der Waals surface area contributed by atoms with Gasteiger partial charge in [-0.3, -0.25) is 0 Å². The fraction of sp³-hybridized carbons (Fsp3) is 0. The standard InChI is InChI=1S/2CH2O3.Ca.Mn/c2*2-1(3)4;;/h2*(H2,2,3,4);;/q;;2*+2/p-4. The molecule has 0 bridgehead atoms. The largest absolute Gasteiger partial charge is 2.00 e. The summed E-state index contributed by atoms with van der Waals surface area (Å²) in [5, 5.41) is 33.3. The molecule has 0 amide bonds. The number of carboxylic acid groups (broad SMARTS) is 4. The first-order valence-corrected chi connectivity index (χ1v) is 1.22. The summed E-state index contributed by atoms with van der Waals surface area (Å²) >= 11 is 0. The maximum Gasteiger partial charge on any atom is 2.00 e.